The SMILES string of the molecule is O=C(O)c1scnc1-c1ccc(-c2c(C(=O)c3ccccc3)sc3cc(O)ccc23)cc1. The first-order chi connectivity index (χ1) is 15.5. The number of aromatic nitrogens is 1. The highest BCUT2D eigenvalue weighted by Gasteiger charge is 2.22. The van der Waals surface area contributed by atoms with Crippen LogP contribution in [0.3, 0.4) is 0 Å². The van der Waals surface area contributed by atoms with E-state index < -0.39 is 5.97 Å². The van der Waals surface area contributed by atoms with Gasteiger partial charge in [-0.15, -0.1) is 22.7 Å². The van der Waals surface area contributed by atoms with Gasteiger partial charge in [0.1, 0.15) is 10.6 Å². The van der Waals surface area contributed by atoms with Crippen molar-refractivity contribution in [2.24, 2.45) is 0 Å². The number of rotatable bonds is 5. The number of fused-ring (bicyclic) bond motifs is 1. The average molecular weight is 458 g/mol. The van der Waals surface area contributed by atoms with Gasteiger partial charge in [-0.05, 0) is 23.8 Å². The third kappa shape index (κ3) is 3.47. The largest absolute Gasteiger partial charge is 0.508 e. The van der Waals surface area contributed by atoms with Crippen molar-refractivity contribution < 1.29 is 19.8 Å². The Morgan fingerprint density at radius 1 is 0.844 bits per heavy atom. The summed E-state index contributed by atoms with van der Waals surface area (Å²) in [4.78, 5) is 29.8. The third-order valence-corrected chi connectivity index (χ3v) is 7.09. The molecule has 32 heavy (non-hydrogen) atoms. The fourth-order valence-corrected chi connectivity index (χ4v) is 5.52. The Kier molecular flexibility index (Phi) is 5.05. The van der Waals surface area contributed by atoms with Crippen LogP contribution in [0.5, 0.6) is 5.75 Å². The van der Waals surface area contributed by atoms with Crippen molar-refractivity contribution in [1.29, 1.82) is 0 Å². The van der Waals surface area contributed by atoms with Crippen LogP contribution in [-0.2, 0) is 0 Å². The molecule has 5 aromatic rings. The molecule has 5 rings (SSSR count). The van der Waals surface area contributed by atoms with Crippen LogP contribution >= 0.6 is 22.7 Å². The van der Waals surface area contributed by atoms with E-state index in [0.717, 1.165) is 32.5 Å². The number of aromatic hydroxyl groups is 1. The normalized spacial score (nSPS) is 11.0. The smallest absolute Gasteiger partial charge is 0.348 e. The molecule has 3 aromatic carbocycles. The summed E-state index contributed by atoms with van der Waals surface area (Å²) in [6, 6.07) is 21.6. The van der Waals surface area contributed by atoms with Crippen molar-refractivity contribution in [3.8, 4) is 28.1 Å². The lowest BCUT2D eigenvalue weighted by molar-refractivity contribution is 0.0702. The van der Waals surface area contributed by atoms with E-state index in [9.17, 15) is 19.8 Å². The number of hydrogen-bond donors (Lipinski definition) is 2. The summed E-state index contributed by atoms with van der Waals surface area (Å²) in [5.41, 5.74) is 4.85. The fraction of sp³-hybridized carbons (Fsp3) is 0. The molecule has 0 bridgehead atoms. The molecule has 0 aliphatic rings. The number of benzene rings is 3. The minimum absolute atomic E-state index is 0.0852. The highest BCUT2D eigenvalue weighted by molar-refractivity contribution is 7.21. The van der Waals surface area contributed by atoms with Crippen molar-refractivity contribution in [2.75, 3.05) is 0 Å². The molecule has 0 amide bonds. The lowest BCUT2D eigenvalue weighted by Gasteiger charge is -2.07. The predicted octanol–water partition coefficient (Wildman–Crippen LogP) is 6.33. The zero-order valence-electron chi connectivity index (χ0n) is 16.5. The molecule has 2 heterocycles. The summed E-state index contributed by atoms with van der Waals surface area (Å²) in [5.74, 6) is -0.951. The van der Waals surface area contributed by atoms with Gasteiger partial charge in [0.05, 0.1) is 16.1 Å². The number of ketones is 1. The van der Waals surface area contributed by atoms with Crippen LogP contribution in [0.4, 0.5) is 0 Å². The standard InChI is InChI=1S/C25H15NO4S2/c27-17-10-11-18-19(12-17)32-23(22(28)16-4-2-1-3-5-16)20(18)14-6-8-15(9-7-14)21-24(25(29)30)31-13-26-21/h1-13,27H,(H,29,30). The third-order valence-electron chi connectivity index (χ3n) is 5.12. The number of phenolic OH excluding ortho intramolecular Hbond substituents is 1. The highest BCUT2D eigenvalue weighted by atomic mass is 32.1. The number of hydrogen-bond acceptors (Lipinski definition) is 6. The molecule has 2 N–H and O–H groups in total. The minimum atomic E-state index is -1.01. The van der Waals surface area contributed by atoms with Crippen molar-refractivity contribution in [1.82, 2.24) is 4.98 Å². The number of carbonyl (C=O) groups is 2. The molecule has 0 fully saturated rings. The van der Waals surface area contributed by atoms with Gasteiger partial charge < -0.3 is 10.2 Å². The second-order valence-electron chi connectivity index (χ2n) is 7.09. The molecule has 0 unspecified atom stereocenters. The highest BCUT2D eigenvalue weighted by Crippen LogP contribution is 2.41. The summed E-state index contributed by atoms with van der Waals surface area (Å²) in [7, 11) is 0. The maximum atomic E-state index is 13.3. The Morgan fingerprint density at radius 2 is 1.56 bits per heavy atom. The number of thiophene rings is 1. The number of aromatic carboxylic acids is 1. The predicted molar refractivity (Wildman–Crippen MR) is 127 cm³/mol. The Hall–Kier alpha value is -3.81. The summed E-state index contributed by atoms with van der Waals surface area (Å²) in [6.45, 7) is 0. The van der Waals surface area contributed by atoms with E-state index in [2.05, 4.69) is 4.98 Å². The first kappa shape index (κ1) is 20.1. The minimum Gasteiger partial charge on any atom is -0.508 e. The van der Waals surface area contributed by atoms with Gasteiger partial charge in [-0.2, -0.15) is 0 Å². The molecule has 0 aliphatic heterocycles. The number of carbonyl (C=O) groups excluding carboxylic acids is 1. The average Bonchev–Trinajstić information content (AvgIpc) is 3.44. The second kappa shape index (κ2) is 8.03. The van der Waals surface area contributed by atoms with E-state index in [1.165, 1.54) is 16.8 Å². The molecular weight excluding hydrogens is 442 g/mol. The van der Waals surface area contributed by atoms with E-state index in [-0.39, 0.29) is 16.4 Å². The van der Waals surface area contributed by atoms with Crippen LogP contribution in [0.2, 0.25) is 0 Å². The Bertz CT molecular complexity index is 1470. The molecule has 0 aliphatic carbocycles. The molecule has 2 aromatic heterocycles. The van der Waals surface area contributed by atoms with E-state index in [1.54, 1.807) is 24.3 Å². The van der Waals surface area contributed by atoms with Crippen molar-refractivity contribution in [3.63, 3.8) is 0 Å². The lowest BCUT2D eigenvalue weighted by Crippen LogP contribution is -2.00. The second-order valence-corrected chi connectivity index (χ2v) is 9.00. The summed E-state index contributed by atoms with van der Waals surface area (Å²) in [6.07, 6.45) is 0. The van der Waals surface area contributed by atoms with Crippen LogP contribution in [-0.4, -0.2) is 26.9 Å². The first-order valence-electron chi connectivity index (χ1n) is 9.66. The molecule has 0 saturated carbocycles. The summed E-state index contributed by atoms with van der Waals surface area (Å²) < 4.78 is 0.816. The Morgan fingerprint density at radius 3 is 2.28 bits per heavy atom. The maximum absolute atomic E-state index is 13.3. The van der Waals surface area contributed by atoms with Crippen LogP contribution in [0.1, 0.15) is 24.9 Å². The van der Waals surface area contributed by atoms with Crippen LogP contribution in [0.15, 0.2) is 78.3 Å². The van der Waals surface area contributed by atoms with Crippen LogP contribution in [0, 0.1) is 0 Å². The monoisotopic (exact) mass is 457 g/mol. The quantitative estimate of drug-likeness (QED) is 0.301. The topological polar surface area (TPSA) is 87.5 Å². The van der Waals surface area contributed by atoms with E-state index in [4.69, 9.17) is 0 Å². The zero-order valence-corrected chi connectivity index (χ0v) is 18.1. The van der Waals surface area contributed by atoms with Gasteiger partial charge in [0.25, 0.3) is 0 Å². The molecule has 156 valence electrons. The van der Waals surface area contributed by atoms with Crippen molar-refractivity contribution >= 4 is 44.5 Å². The van der Waals surface area contributed by atoms with E-state index >= 15 is 0 Å². The maximum Gasteiger partial charge on any atom is 0.348 e. The first-order valence-corrected chi connectivity index (χ1v) is 11.4. The number of phenols is 1. The van der Waals surface area contributed by atoms with E-state index in [1.807, 2.05) is 48.5 Å². The van der Waals surface area contributed by atoms with Gasteiger partial charge in [0, 0.05) is 26.8 Å². The van der Waals surface area contributed by atoms with Gasteiger partial charge in [-0.1, -0.05) is 54.6 Å². The molecule has 5 nitrogen and oxygen atoms in total. The van der Waals surface area contributed by atoms with Crippen molar-refractivity contribution in [3.05, 3.63) is 93.6 Å². The molecule has 0 atom stereocenters. The molecule has 0 saturated heterocycles. The Balaban J connectivity index is 1.65. The Labute approximate surface area is 190 Å². The van der Waals surface area contributed by atoms with Crippen LogP contribution < -0.4 is 0 Å². The van der Waals surface area contributed by atoms with E-state index in [0.29, 0.717) is 21.7 Å². The summed E-state index contributed by atoms with van der Waals surface area (Å²) >= 11 is 2.43. The van der Waals surface area contributed by atoms with Gasteiger partial charge in [0.15, 0.2) is 0 Å². The number of carboxylic acid groups (broad SMARTS) is 1. The molecule has 0 radical (unpaired) electrons. The van der Waals surface area contributed by atoms with Gasteiger partial charge >= 0.3 is 5.97 Å². The van der Waals surface area contributed by atoms with Gasteiger partial charge in [-0.25, -0.2) is 9.78 Å². The lowest BCUT2D eigenvalue weighted by atomic mass is 9.97. The number of thiazole rings is 1. The summed E-state index contributed by atoms with van der Waals surface area (Å²) in [5, 5.41) is 20.2. The fourth-order valence-electron chi connectivity index (χ4n) is 3.65. The van der Waals surface area contributed by atoms with Gasteiger partial charge in [0.2, 0.25) is 5.78 Å². The molecule has 7 heteroatoms. The van der Waals surface area contributed by atoms with Gasteiger partial charge in [-0.3, -0.25) is 4.79 Å². The zero-order chi connectivity index (χ0) is 22.2. The van der Waals surface area contributed by atoms with Crippen LogP contribution in [0.25, 0.3) is 32.5 Å². The number of nitrogens with zero attached hydrogens (tertiary/aromatic N) is 1. The van der Waals surface area contributed by atoms with Crippen molar-refractivity contribution in [2.45, 2.75) is 0 Å². The molecule has 0 spiro atoms. The molecular formula is C25H15NO4S2. The number of carboxylic acids is 1.